The van der Waals surface area contributed by atoms with Gasteiger partial charge in [0.1, 0.15) is 11.6 Å². The number of nitrogens with zero attached hydrogens (tertiary/aromatic N) is 2. The average molecular weight is 477 g/mol. The smallest absolute Gasteiger partial charge is 0.338 e. The third-order valence-electron chi connectivity index (χ3n) is 5.07. The largest absolute Gasteiger partial charge is 0.494 e. The molecule has 2 heterocycles. The van der Waals surface area contributed by atoms with E-state index in [1.165, 1.54) is 11.3 Å². The van der Waals surface area contributed by atoms with Gasteiger partial charge in [-0.05, 0) is 57.2 Å². The van der Waals surface area contributed by atoms with Gasteiger partial charge in [0, 0.05) is 22.2 Å². The van der Waals surface area contributed by atoms with Gasteiger partial charge in [-0.1, -0.05) is 12.1 Å². The number of imidazole rings is 1. The molecule has 0 radical (unpaired) electrons. The Kier molecular flexibility index (Phi) is 7.03. The summed E-state index contributed by atoms with van der Waals surface area (Å²) in [5.74, 6) is 0.488. The van der Waals surface area contributed by atoms with Crippen molar-refractivity contribution in [1.29, 1.82) is 0 Å². The number of amides is 1. The van der Waals surface area contributed by atoms with Crippen molar-refractivity contribution < 1.29 is 19.1 Å². The van der Waals surface area contributed by atoms with E-state index in [2.05, 4.69) is 20.3 Å². The molecule has 8 nitrogen and oxygen atoms in total. The van der Waals surface area contributed by atoms with Gasteiger partial charge in [0.25, 0.3) is 5.91 Å². The Morgan fingerprint density at radius 3 is 2.35 bits per heavy atom. The van der Waals surface area contributed by atoms with Crippen LogP contribution in [0.2, 0.25) is 0 Å². The van der Waals surface area contributed by atoms with Gasteiger partial charge in [-0.15, -0.1) is 11.3 Å². The normalized spacial score (nSPS) is 10.7. The molecule has 0 saturated carbocycles. The highest BCUT2D eigenvalue weighted by atomic mass is 32.1. The number of esters is 1. The molecular weight excluding hydrogens is 452 g/mol. The maximum absolute atomic E-state index is 12.3. The zero-order chi connectivity index (χ0) is 24.1. The first-order chi connectivity index (χ1) is 16.4. The summed E-state index contributed by atoms with van der Waals surface area (Å²) in [5.41, 5.74) is 4.78. The van der Waals surface area contributed by atoms with E-state index in [0.29, 0.717) is 17.3 Å². The van der Waals surface area contributed by atoms with Crippen LogP contribution >= 0.6 is 11.3 Å². The molecule has 4 rings (SSSR count). The monoisotopic (exact) mass is 476 g/mol. The number of carbonyl (C=O) groups excluding carboxylic acids is 2. The summed E-state index contributed by atoms with van der Waals surface area (Å²) < 4.78 is 10.6. The summed E-state index contributed by atoms with van der Waals surface area (Å²) in [6.45, 7) is 6.01. The second kappa shape index (κ2) is 10.3. The topological polar surface area (TPSA) is 106 Å². The first kappa shape index (κ1) is 23.2. The molecule has 2 aromatic heterocycles. The van der Waals surface area contributed by atoms with E-state index < -0.39 is 18.5 Å². The lowest BCUT2D eigenvalue weighted by molar-refractivity contribution is -0.119. The van der Waals surface area contributed by atoms with Crippen LogP contribution in [0, 0.1) is 13.8 Å². The van der Waals surface area contributed by atoms with Crippen LogP contribution in [0.5, 0.6) is 5.75 Å². The highest BCUT2D eigenvalue weighted by molar-refractivity contribution is 7.14. The van der Waals surface area contributed by atoms with Gasteiger partial charge in [0.2, 0.25) is 0 Å². The molecule has 0 aliphatic carbocycles. The highest BCUT2D eigenvalue weighted by Gasteiger charge is 2.13. The minimum Gasteiger partial charge on any atom is -0.494 e. The predicted octanol–water partition coefficient (Wildman–Crippen LogP) is 5.01. The summed E-state index contributed by atoms with van der Waals surface area (Å²) >= 11 is 1.30. The Morgan fingerprint density at radius 2 is 1.71 bits per heavy atom. The lowest BCUT2D eigenvalue weighted by Gasteiger charge is -2.05. The first-order valence-electron chi connectivity index (χ1n) is 10.7. The van der Waals surface area contributed by atoms with E-state index in [0.717, 1.165) is 39.8 Å². The fourth-order valence-electron chi connectivity index (χ4n) is 3.17. The SMILES string of the molecule is CCOc1ccc(-c2csc(NC(=O)COC(=O)c3ccc(-c4nc(C)c(C)[nH]4)cc3)n2)cc1. The Morgan fingerprint density at radius 1 is 1.00 bits per heavy atom. The van der Waals surface area contributed by atoms with Crippen LogP contribution in [0.1, 0.15) is 28.7 Å². The van der Waals surface area contributed by atoms with Gasteiger partial charge in [0.05, 0.1) is 23.6 Å². The van der Waals surface area contributed by atoms with Crippen LogP contribution in [0.25, 0.3) is 22.6 Å². The van der Waals surface area contributed by atoms with Crippen LogP contribution in [0.15, 0.2) is 53.9 Å². The number of anilines is 1. The molecule has 0 unspecified atom stereocenters. The number of nitrogens with one attached hydrogen (secondary N) is 2. The van der Waals surface area contributed by atoms with E-state index in [1.807, 2.05) is 50.4 Å². The molecule has 0 bridgehead atoms. The quantitative estimate of drug-likeness (QED) is 0.346. The number of aromatic amines is 1. The average Bonchev–Trinajstić information content (AvgIpc) is 3.44. The summed E-state index contributed by atoms with van der Waals surface area (Å²) in [7, 11) is 0. The van der Waals surface area contributed by atoms with Crippen molar-refractivity contribution in [2.45, 2.75) is 20.8 Å². The zero-order valence-corrected chi connectivity index (χ0v) is 19.9. The number of aryl methyl sites for hydroxylation is 2. The summed E-state index contributed by atoms with van der Waals surface area (Å²) in [4.78, 5) is 36.6. The molecule has 1 amide bonds. The van der Waals surface area contributed by atoms with Crippen LogP contribution in [-0.2, 0) is 9.53 Å². The molecule has 0 aliphatic heterocycles. The lowest BCUT2D eigenvalue weighted by Crippen LogP contribution is -2.20. The Labute approximate surface area is 201 Å². The predicted molar refractivity (Wildman–Crippen MR) is 131 cm³/mol. The van der Waals surface area contributed by atoms with Crippen LogP contribution < -0.4 is 10.1 Å². The molecule has 2 N–H and O–H groups in total. The van der Waals surface area contributed by atoms with E-state index in [-0.39, 0.29) is 0 Å². The molecule has 174 valence electrons. The van der Waals surface area contributed by atoms with Gasteiger partial charge in [0.15, 0.2) is 11.7 Å². The molecule has 0 aliphatic rings. The van der Waals surface area contributed by atoms with Crippen molar-refractivity contribution in [2.24, 2.45) is 0 Å². The fourth-order valence-corrected chi connectivity index (χ4v) is 3.91. The molecule has 0 spiro atoms. The zero-order valence-electron chi connectivity index (χ0n) is 19.0. The van der Waals surface area contributed by atoms with Crippen molar-refractivity contribution in [3.8, 4) is 28.4 Å². The lowest BCUT2D eigenvalue weighted by atomic mass is 10.1. The van der Waals surface area contributed by atoms with Gasteiger partial charge in [-0.3, -0.25) is 10.1 Å². The molecule has 2 aromatic carbocycles. The summed E-state index contributed by atoms with van der Waals surface area (Å²) in [6, 6.07) is 14.4. The second-order valence-corrected chi connectivity index (χ2v) is 8.35. The number of hydrogen-bond acceptors (Lipinski definition) is 7. The molecule has 9 heteroatoms. The molecular formula is C25H24N4O4S. The number of ether oxygens (including phenoxy) is 2. The van der Waals surface area contributed by atoms with Crippen LogP contribution in [-0.4, -0.2) is 40.0 Å². The van der Waals surface area contributed by atoms with Crippen molar-refractivity contribution >= 4 is 28.3 Å². The molecule has 0 fully saturated rings. The third kappa shape index (κ3) is 5.49. The van der Waals surface area contributed by atoms with Crippen LogP contribution in [0.4, 0.5) is 5.13 Å². The van der Waals surface area contributed by atoms with E-state index in [4.69, 9.17) is 9.47 Å². The van der Waals surface area contributed by atoms with E-state index in [9.17, 15) is 9.59 Å². The number of thiazole rings is 1. The van der Waals surface area contributed by atoms with Gasteiger partial charge in [-0.25, -0.2) is 14.8 Å². The Hall–Kier alpha value is -3.98. The van der Waals surface area contributed by atoms with Crippen molar-refractivity contribution in [3.05, 3.63) is 70.9 Å². The number of aromatic nitrogens is 3. The Bertz CT molecular complexity index is 1270. The summed E-state index contributed by atoms with van der Waals surface area (Å²) in [5, 5.41) is 4.94. The minimum absolute atomic E-state index is 0.351. The first-order valence-corrected chi connectivity index (χ1v) is 11.6. The van der Waals surface area contributed by atoms with Crippen molar-refractivity contribution in [3.63, 3.8) is 0 Å². The van der Waals surface area contributed by atoms with Crippen LogP contribution in [0.3, 0.4) is 0 Å². The van der Waals surface area contributed by atoms with Crippen molar-refractivity contribution in [1.82, 2.24) is 15.0 Å². The number of benzene rings is 2. The fraction of sp³-hybridized carbons (Fsp3) is 0.200. The Balaban J connectivity index is 1.29. The second-order valence-electron chi connectivity index (χ2n) is 7.49. The molecule has 4 aromatic rings. The molecule has 34 heavy (non-hydrogen) atoms. The maximum Gasteiger partial charge on any atom is 0.338 e. The maximum atomic E-state index is 12.3. The highest BCUT2D eigenvalue weighted by Crippen LogP contribution is 2.26. The molecule has 0 saturated heterocycles. The minimum atomic E-state index is -0.581. The van der Waals surface area contributed by atoms with Gasteiger partial charge < -0.3 is 14.5 Å². The van der Waals surface area contributed by atoms with Crippen molar-refractivity contribution in [2.75, 3.05) is 18.5 Å². The number of hydrogen-bond donors (Lipinski definition) is 2. The standard InChI is InChI=1S/C25H24N4O4S/c1-4-32-20-11-9-17(10-12-20)21-14-34-25(28-21)29-22(30)13-33-24(31)19-7-5-18(6-8-19)23-26-15(2)16(3)27-23/h5-12,14H,4,13H2,1-3H3,(H,26,27)(H,28,29,30). The third-order valence-corrected chi connectivity index (χ3v) is 5.83. The summed E-state index contributed by atoms with van der Waals surface area (Å²) in [6.07, 6.45) is 0. The van der Waals surface area contributed by atoms with Gasteiger partial charge in [-0.2, -0.15) is 0 Å². The number of carbonyl (C=O) groups is 2. The number of rotatable bonds is 8. The number of H-pyrrole nitrogens is 1. The molecule has 0 atom stereocenters. The van der Waals surface area contributed by atoms with E-state index in [1.54, 1.807) is 24.3 Å². The van der Waals surface area contributed by atoms with E-state index >= 15 is 0 Å². The van der Waals surface area contributed by atoms with Gasteiger partial charge >= 0.3 is 5.97 Å².